The van der Waals surface area contributed by atoms with Crippen LogP contribution in [-0.4, -0.2) is 9.38 Å². The molecule has 0 saturated carbocycles. The number of aromatic nitrogens is 3. The normalized spacial score (nSPS) is 18.7. The van der Waals surface area contributed by atoms with Gasteiger partial charge in [-0.15, -0.1) is 0 Å². The van der Waals surface area contributed by atoms with Gasteiger partial charge in [-0.2, -0.15) is 4.40 Å². The minimum Gasteiger partial charge on any atom is -0.247 e. The van der Waals surface area contributed by atoms with Crippen LogP contribution in [0.2, 0.25) is 0 Å². The van der Waals surface area contributed by atoms with E-state index < -0.39 is 0 Å². The van der Waals surface area contributed by atoms with E-state index in [9.17, 15) is 0 Å². The first-order valence-corrected chi connectivity index (χ1v) is 11.3. The third-order valence-electron chi connectivity index (χ3n) is 7.07. The Balaban J connectivity index is 2.04. The topological polar surface area (TPSA) is 21.2 Å². The Morgan fingerprint density at radius 1 is 1.17 bits per heavy atom. The molecule has 1 aliphatic heterocycles. The lowest BCUT2D eigenvalue weighted by molar-refractivity contribution is -0.654. The van der Waals surface area contributed by atoms with Crippen molar-refractivity contribution >= 4 is 27.6 Å². The molecule has 1 unspecified atom stereocenters. The molecule has 3 heteroatoms. The van der Waals surface area contributed by atoms with E-state index >= 15 is 0 Å². The molecule has 0 saturated heterocycles. The van der Waals surface area contributed by atoms with Gasteiger partial charge in [0.1, 0.15) is 6.54 Å². The standard InChI is InChI=1S/C27H32N3/c1-7-12-18(3)27(8-2)17-30-21-15-9-10-16-29(21)24-23(30)22-19(27)13-11-14-20(22)28-25(24)26(4,5)6/h9-11,13-16H,3,7-8,12,17H2,1-2,4-6H3/q+1. The van der Waals surface area contributed by atoms with Gasteiger partial charge in [0.2, 0.25) is 5.52 Å². The van der Waals surface area contributed by atoms with Gasteiger partial charge in [0.25, 0.3) is 5.65 Å². The summed E-state index contributed by atoms with van der Waals surface area (Å²) in [6, 6.07) is 13.2. The lowest BCUT2D eigenvalue weighted by Crippen LogP contribution is -2.49. The molecule has 3 nitrogen and oxygen atoms in total. The van der Waals surface area contributed by atoms with Crippen molar-refractivity contribution in [3.8, 4) is 0 Å². The molecule has 0 fully saturated rings. The van der Waals surface area contributed by atoms with E-state index in [-0.39, 0.29) is 10.8 Å². The summed E-state index contributed by atoms with van der Waals surface area (Å²) in [6.45, 7) is 16.9. The van der Waals surface area contributed by atoms with Gasteiger partial charge in [-0.1, -0.05) is 71.4 Å². The number of hydrogen-bond donors (Lipinski definition) is 0. The molecule has 30 heavy (non-hydrogen) atoms. The van der Waals surface area contributed by atoms with Crippen LogP contribution >= 0.6 is 0 Å². The summed E-state index contributed by atoms with van der Waals surface area (Å²) in [7, 11) is 0. The average Bonchev–Trinajstić information content (AvgIpc) is 3.06. The van der Waals surface area contributed by atoms with Crippen molar-refractivity contribution in [3.05, 3.63) is 66.0 Å². The van der Waals surface area contributed by atoms with Crippen LogP contribution in [0.3, 0.4) is 0 Å². The number of imidazole rings is 1. The summed E-state index contributed by atoms with van der Waals surface area (Å²) in [5.74, 6) is 0. The van der Waals surface area contributed by atoms with Crippen LogP contribution in [0.1, 0.15) is 65.1 Å². The van der Waals surface area contributed by atoms with E-state index in [2.05, 4.69) is 92.8 Å². The number of fused-ring (bicyclic) bond motifs is 3. The molecule has 4 aromatic rings. The van der Waals surface area contributed by atoms with Crippen molar-refractivity contribution < 1.29 is 4.57 Å². The number of benzene rings is 1. The first-order valence-electron chi connectivity index (χ1n) is 11.3. The lowest BCUT2D eigenvalue weighted by Gasteiger charge is -2.37. The van der Waals surface area contributed by atoms with E-state index in [4.69, 9.17) is 4.98 Å². The molecule has 5 rings (SSSR count). The van der Waals surface area contributed by atoms with E-state index in [0.29, 0.717) is 0 Å². The van der Waals surface area contributed by atoms with E-state index in [1.54, 1.807) is 0 Å². The highest BCUT2D eigenvalue weighted by molar-refractivity contribution is 6.05. The third-order valence-corrected chi connectivity index (χ3v) is 7.07. The van der Waals surface area contributed by atoms with Crippen LogP contribution in [0.5, 0.6) is 0 Å². The highest BCUT2D eigenvalue weighted by atomic mass is 15.1. The fourth-order valence-electron chi connectivity index (χ4n) is 5.57. The lowest BCUT2D eigenvalue weighted by atomic mass is 9.68. The molecule has 3 aromatic heterocycles. The zero-order chi connectivity index (χ0) is 21.3. The summed E-state index contributed by atoms with van der Waals surface area (Å²) in [5, 5.41) is 1.31. The van der Waals surface area contributed by atoms with E-state index in [1.807, 2.05) is 0 Å². The minimum atomic E-state index is -0.0528. The van der Waals surface area contributed by atoms with Crippen LogP contribution in [0.25, 0.3) is 27.6 Å². The second-order valence-corrected chi connectivity index (χ2v) is 9.91. The predicted molar refractivity (Wildman–Crippen MR) is 125 cm³/mol. The molecule has 0 radical (unpaired) electrons. The monoisotopic (exact) mass is 398 g/mol. The molecular formula is C27H32N3+. The number of rotatable bonds is 4. The second-order valence-electron chi connectivity index (χ2n) is 9.91. The highest BCUT2D eigenvalue weighted by Crippen LogP contribution is 2.46. The van der Waals surface area contributed by atoms with Crippen molar-refractivity contribution in [3.63, 3.8) is 0 Å². The Hall–Kier alpha value is -2.68. The van der Waals surface area contributed by atoms with Crippen LogP contribution in [0, 0.1) is 0 Å². The number of pyridine rings is 2. The number of hydrogen-bond acceptors (Lipinski definition) is 1. The van der Waals surface area contributed by atoms with Gasteiger partial charge in [-0.25, -0.2) is 9.55 Å². The highest BCUT2D eigenvalue weighted by Gasteiger charge is 2.44. The van der Waals surface area contributed by atoms with Crippen molar-refractivity contribution in [2.75, 3.05) is 0 Å². The van der Waals surface area contributed by atoms with Gasteiger partial charge in [0.15, 0.2) is 5.52 Å². The average molecular weight is 399 g/mol. The second kappa shape index (κ2) is 6.41. The van der Waals surface area contributed by atoms with Gasteiger partial charge in [-0.3, -0.25) is 0 Å². The van der Waals surface area contributed by atoms with Crippen LogP contribution in [0.4, 0.5) is 0 Å². The van der Waals surface area contributed by atoms with Crippen LogP contribution in [0.15, 0.2) is 54.7 Å². The van der Waals surface area contributed by atoms with Gasteiger partial charge in [-0.05, 0) is 30.5 Å². The Kier molecular flexibility index (Phi) is 4.12. The fraction of sp³-hybridized carbons (Fsp3) is 0.407. The molecule has 0 aliphatic carbocycles. The minimum absolute atomic E-state index is 0.0444. The van der Waals surface area contributed by atoms with Crippen molar-refractivity contribution in [2.24, 2.45) is 0 Å². The van der Waals surface area contributed by atoms with Crippen LogP contribution in [-0.2, 0) is 17.4 Å². The molecule has 0 N–H and O–H groups in total. The predicted octanol–water partition coefficient (Wildman–Crippen LogP) is 6.24. The van der Waals surface area contributed by atoms with Gasteiger partial charge in [0, 0.05) is 11.5 Å². The molecule has 1 aromatic carbocycles. The zero-order valence-electron chi connectivity index (χ0n) is 18.9. The summed E-state index contributed by atoms with van der Waals surface area (Å²) < 4.78 is 4.90. The molecule has 1 aliphatic rings. The summed E-state index contributed by atoms with van der Waals surface area (Å²) in [6.07, 6.45) is 5.42. The molecule has 0 bridgehead atoms. The van der Waals surface area contributed by atoms with Crippen molar-refractivity contribution in [1.29, 1.82) is 0 Å². The fourth-order valence-corrected chi connectivity index (χ4v) is 5.57. The number of allylic oxidation sites excluding steroid dienone is 1. The van der Waals surface area contributed by atoms with E-state index in [1.165, 1.54) is 38.9 Å². The molecule has 1 atom stereocenters. The van der Waals surface area contributed by atoms with Crippen molar-refractivity contribution in [2.45, 2.75) is 71.3 Å². The Labute approximate surface area is 179 Å². The molecule has 0 spiro atoms. The number of nitrogens with zero attached hydrogens (tertiary/aromatic N) is 3. The zero-order valence-corrected chi connectivity index (χ0v) is 18.9. The Morgan fingerprint density at radius 2 is 1.97 bits per heavy atom. The maximum Gasteiger partial charge on any atom is 0.287 e. The summed E-state index contributed by atoms with van der Waals surface area (Å²) >= 11 is 0. The molecule has 154 valence electrons. The van der Waals surface area contributed by atoms with Gasteiger partial charge >= 0.3 is 0 Å². The SMILES string of the molecule is C=C(CCC)C1(CC)C[n+]2c3c4c1cccc4nc(C(C)(C)C)c3n1ccccc12. The van der Waals surface area contributed by atoms with Crippen LogP contribution < -0.4 is 4.57 Å². The summed E-state index contributed by atoms with van der Waals surface area (Å²) in [4.78, 5) is 5.27. The first kappa shape index (κ1) is 19.3. The Morgan fingerprint density at radius 3 is 2.67 bits per heavy atom. The maximum atomic E-state index is 5.27. The van der Waals surface area contributed by atoms with Crippen molar-refractivity contribution in [1.82, 2.24) is 9.38 Å². The van der Waals surface area contributed by atoms with E-state index in [0.717, 1.165) is 31.3 Å². The van der Waals surface area contributed by atoms with Gasteiger partial charge in [0.05, 0.1) is 28.2 Å². The molecular weight excluding hydrogens is 366 g/mol. The maximum absolute atomic E-state index is 5.27. The Bertz CT molecular complexity index is 1320. The third kappa shape index (κ3) is 2.38. The smallest absolute Gasteiger partial charge is 0.247 e. The summed E-state index contributed by atoms with van der Waals surface area (Å²) in [5.41, 5.74) is 8.76. The molecule has 4 heterocycles. The van der Waals surface area contributed by atoms with Gasteiger partial charge < -0.3 is 0 Å². The largest absolute Gasteiger partial charge is 0.287 e. The quantitative estimate of drug-likeness (QED) is 0.294. The first-order chi connectivity index (χ1) is 14.3. The molecule has 0 amide bonds.